The lowest BCUT2D eigenvalue weighted by molar-refractivity contribution is -0.120. The van der Waals surface area contributed by atoms with E-state index in [1.54, 1.807) is 0 Å². The maximum atomic E-state index is 11.0. The fourth-order valence-electron chi connectivity index (χ4n) is 1.14. The van der Waals surface area contributed by atoms with Crippen molar-refractivity contribution < 1.29 is 4.79 Å². The van der Waals surface area contributed by atoms with Crippen LogP contribution in [0, 0.1) is 0 Å². The quantitative estimate of drug-likeness (QED) is 0.575. The fraction of sp³-hybridized carbons (Fsp3) is 0.900. The molecule has 0 rings (SSSR count). The lowest BCUT2D eigenvalue weighted by Crippen LogP contribution is -2.41. The first-order valence-electron chi connectivity index (χ1n) is 5.32. The molecule has 0 spiro atoms. The second kappa shape index (κ2) is 9.34. The fourth-order valence-corrected chi connectivity index (χ4v) is 2.24. The van der Waals surface area contributed by atoms with E-state index in [1.807, 2.05) is 18.7 Å². The Morgan fingerprint density at radius 1 is 1.43 bits per heavy atom. The summed E-state index contributed by atoms with van der Waals surface area (Å²) in [6.07, 6.45) is 3.34. The summed E-state index contributed by atoms with van der Waals surface area (Å²) in [6, 6.07) is -0.144. The number of nitrogens with one attached hydrogen (secondary N) is 1. The van der Waals surface area contributed by atoms with Crippen LogP contribution in [0.4, 0.5) is 0 Å². The van der Waals surface area contributed by atoms with Crippen molar-refractivity contribution in [3.05, 3.63) is 0 Å². The first-order chi connectivity index (χ1) is 6.72. The van der Waals surface area contributed by atoms with E-state index in [0.29, 0.717) is 0 Å². The van der Waals surface area contributed by atoms with Gasteiger partial charge in [0.15, 0.2) is 0 Å². The molecule has 1 unspecified atom stereocenters. The molecule has 0 fully saturated rings. The summed E-state index contributed by atoms with van der Waals surface area (Å²) in [5, 5.41) is 3.09. The third kappa shape index (κ3) is 7.21. The van der Waals surface area contributed by atoms with Crippen molar-refractivity contribution in [3.8, 4) is 0 Å². The number of primary amides is 1. The molecular weight excluding hydrogens is 196 g/mol. The summed E-state index contributed by atoms with van der Waals surface area (Å²) in [4.78, 5) is 11.0. The van der Waals surface area contributed by atoms with Crippen LogP contribution in [0.2, 0.25) is 0 Å². The Morgan fingerprint density at radius 2 is 2.14 bits per heavy atom. The SMILES string of the molecule is CCCCSCCC(NCC)C(N)=O. The van der Waals surface area contributed by atoms with Crippen LogP contribution < -0.4 is 11.1 Å². The maximum absolute atomic E-state index is 11.0. The van der Waals surface area contributed by atoms with E-state index in [4.69, 9.17) is 5.73 Å². The minimum Gasteiger partial charge on any atom is -0.368 e. The van der Waals surface area contributed by atoms with Gasteiger partial charge in [0.2, 0.25) is 5.91 Å². The summed E-state index contributed by atoms with van der Waals surface area (Å²) in [7, 11) is 0. The van der Waals surface area contributed by atoms with Gasteiger partial charge in [0.25, 0.3) is 0 Å². The molecule has 3 nitrogen and oxygen atoms in total. The van der Waals surface area contributed by atoms with Crippen LogP contribution in [0.3, 0.4) is 0 Å². The lowest BCUT2D eigenvalue weighted by Gasteiger charge is -2.13. The molecule has 3 N–H and O–H groups in total. The Bertz CT molecular complexity index is 153. The zero-order valence-electron chi connectivity index (χ0n) is 9.21. The Hall–Kier alpha value is -0.220. The van der Waals surface area contributed by atoms with E-state index in [-0.39, 0.29) is 11.9 Å². The van der Waals surface area contributed by atoms with Gasteiger partial charge in [-0.15, -0.1) is 0 Å². The Kier molecular flexibility index (Phi) is 9.19. The van der Waals surface area contributed by atoms with Crippen LogP contribution in [-0.2, 0) is 4.79 Å². The Balaban J connectivity index is 3.46. The summed E-state index contributed by atoms with van der Waals surface area (Å²) in [5.74, 6) is 1.97. The summed E-state index contributed by atoms with van der Waals surface area (Å²) >= 11 is 1.90. The van der Waals surface area contributed by atoms with Gasteiger partial charge in [-0.25, -0.2) is 0 Å². The minimum atomic E-state index is -0.233. The molecule has 1 amide bonds. The molecule has 0 heterocycles. The van der Waals surface area contributed by atoms with Crippen molar-refractivity contribution in [2.45, 2.75) is 39.2 Å². The Morgan fingerprint density at radius 3 is 2.64 bits per heavy atom. The number of nitrogens with two attached hydrogens (primary N) is 1. The van der Waals surface area contributed by atoms with Gasteiger partial charge >= 0.3 is 0 Å². The van der Waals surface area contributed by atoms with E-state index in [2.05, 4.69) is 12.2 Å². The van der Waals surface area contributed by atoms with Crippen molar-refractivity contribution >= 4 is 17.7 Å². The molecule has 0 aromatic heterocycles. The summed E-state index contributed by atoms with van der Waals surface area (Å²) in [6.45, 7) is 4.97. The minimum absolute atomic E-state index is 0.144. The molecule has 0 aromatic carbocycles. The van der Waals surface area contributed by atoms with E-state index >= 15 is 0 Å². The number of amides is 1. The van der Waals surface area contributed by atoms with Crippen LogP contribution in [0.5, 0.6) is 0 Å². The third-order valence-corrected chi connectivity index (χ3v) is 3.09. The van der Waals surface area contributed by atoms with Gasteiger partial charge in [-0.3, -0.25) is 4.79 Å². The smallest absolute Gasteiger partial charge is 0.234 e. The van der Waals surface area contributed by atoms with E-state index in [1.165, 1.54) is 18.6 Å². The molecule has 0 aliphatic rings. The standard InChI is InChI=1S/C10H22N2OS/c1-3-5-7-14-8-6-9(10(11)13)12-4-2/h9,12H,3-8H2,1-2H3,(H2,11,13). The van der Waals surface area contributed by atoms with E-state index in [0.717, 1.165) is 18.7 Å². The number of carbonyl (C=O) groups is 1. The normalized spacial score (nSPS) is 12.7. The van der Waals surface area contributed by atoms with Crippen molar-refractivity contribution in [2.24, 2.45) is 5.73 Å². The van der Waals surface area contributed by atoms with Crippen LogP contribution >= 0.6 is 11.8 Å². The number of rotatable bonds is 9. The van der Waals surface area contributed by atoms with Gasteiger partial charge in [-0.05, 0) is 30.9 Å². The van der Waals surface area contributed by atoms with E-state index in [9.17, 15) is 4.79 Å². The molecule has 14 heavy (non-hydrogen) atoms. The second-order valence-electron chi connectivity index (χ2n) is 3.27. The van der Waals surface area contributed by atoms with Gasteiger partial charge in [-0.2, -0.15) is 11.8 Å². The molecule has 1 atom stereocenters. The number of carbonyl (C=O) groups excluding carboxylic acids is 1. The summed E-state index contributed by atoms with van der Waals surface area (Å²) in [5.41, 5.74) is 5.25. The summed E-state index contributed by atoms with van der Waals surface area (Å²) < 4.78 is 0. The highest BCUT2D eigenvalue weighted by Crippen LogP contribution is 2.07. The molecule has 0 bridgehead atoms. The van der Waals surface area contributed by atoms with Crippen molar-refractivity contribution in [1.29, 1.82) is 0 Å². The zero-order valence-corrected chi connectivity index (χ0v) is 10.0. The maximum Gasteiger partial charge on any atom is 0.234 e. The number of hydrogen-bond donors (Lipinski definition) is 2. The lowest BCUT2D eigenvalue weighted by atomic mass is 10.2. The highest BCUT2D eigenvalue weighted by Gasteiger charge is 2.12. The molecule has 0 aromatic rings. The first-order valence-corrected chi connectivity index (χ1v) is 6.48. The average molecular weight is 218 g/mol. The van der Waals surface area contributed by atoms with Gasteiger partial charge in [-0.1, -0.05) is 20.3 Å². The third-order valence-electron chi connectivity index (χ3n) is 1.99. The predicted octanol–water partition coefficient (Wildman–Crippen LogP) is 1.37. The molecule has 4 heteroatoms. The van der Waals surface area contributed by atoms with Crippen molar-refractivity contribution in [3.63, 3.8) is 0 Å². The number of unbranched alkanes of at least 4 members (excludes halogenated alkanes) is 1. The Labute approximate surface area is 91.2 Å². The van der Waals surface area contributed by atoms with Gasteiger partial charge in [0.05, 0.1) is 6.04 Å². The second-order valence-corrected chi connectivity index (χ2v) is 4.49. The first kappa shape index (κ1) is 13.8. The molecule has 0 aliphatic heterocycles. The van der Waals surface area contributed by atoms with Crippen LogP contribution in [0.1, 0.15) is 33.1 Å². The van der Waals surface area contributed by atoms with Crippen molar-refractivity contribution in [2.75, 3.05) is 18.1 Å². The van der Waals surface area contributed by atoms with Crippen LogP contribution in [0.25, 0.3) is 0 Å². The van der Waals surface area contributed by atoms with Crippen LogP contribution in [-0.4, -0.2) is 30.0 Å². The molecular formula is C10H22N2OS. The van der Waals surface area contributed by atoms with E-state index < -0.39 is 0 Å². The highest BCUT2D eigenvalue weighted by molar-refractivity contribution is 7.99. The number of thioether (sulfide) groups is 1. The molecule has 0 saturated heterocycles. The van der Waals surface area contributed by atoms with Crippen molar-refractivity contribution in [1.82, 2.24) is 5.32 Å². The molecule has 0 radical (unpaired) electrons. The van der Waals surface area contributed by atoms with Gasteiger partial charge in [0, 0.05) is 0 Å². The highest BCUT2D eigenvalue weighted by atomic mass is 32.2. The molecule has 0 aliphatic carbocycles. The van der Waals surface area contributed by atoms with Crippen LogP contribution in [0.15, 0.2) is 0 Å². The number of likely N-dealkylation sites (N-methyl/N-ethyl adjacent to an activating group) is 1. The average Bonchev–Trinajstić information content (AvgIpc) is 2.15. The molecule has 84 valence electrons. The predicted molar refractivity (Wildman–Crippen MR) is 63.5 cm³/mol. The number of hydrogen-bond acceptors (Lipinski definition) is 3. The monoisotopic (exact) mass is 218 g/mol. The molecule has 0 saturated carbocycles. The topological polar surface area (TPSA) is 55.1 Å². The van der Waals surface area contributed by atoms with Gasteiger partial charge < -0.3 is 11.1 Å². The van der Waals surface area contributed by atoms with Gasteiger partial charge in [0.1, 0.15) is 0 Å². The zero-order chi connectivity index (χ0) is 10.8. The largest absolute Gasteiger partial charge is 0.368 e.